The molecule has 0 unspecified atom stereocenters. The lowest BCUT2D eigenvalue weighted by molar-refractivity contribution is 0.0917. The Kier molecular flexibility index (Phi) is 7.29. The monoisotopic (exact) mass is 384 g/mol. The average molecular weight is 386 g/mol. The topological polar surface area (TPSA) is 52.6 Å². The summed E-state index contributed by atoms with van der Waals surface area (Å²) in [5.74, 6) is 0.825. The smallest absolute Gasteiger partial charge is 0.265 e. The summed E-state index contributed by atoms with van der Waals surface area (Å²) in [5.41, 5.74) is 0. The second-order valence-corrected chi connectivity index (χ2v) is 8.12. The Balaban J connectivity index is 2.52. The van der Waals surface area contributed by atoms with E-state index in [1.807, 2.05) is 0 Å². The highest BCUT2D eigenvalue weighted by atomic mass is 79.9. The molecule has 0 aliphatic heterocycles. The van der Waals surface area contributed by atoms with Gasteiger partial charge in [-0.05, 0) is 30.5 Å². The minimum Gasteiger partial charge on any atom is -0.490 e. The summed E-state index contributed by atoms with van der Waals surface area (Å²) in [6, 6.07) is 4.67. The van der Waals surface area contributed by atoms with Gasteiger partial charge >= 0.3 is 0 Å². The van der Waals surface area contributed by atoms with Crippen molar-refractivity contribution in [3.05, 3.63) is 22.7 Å². The quantitative estimate of drug-likeness (QED) is 0.504. The largest absolute Gasteiger partial charge is 0.490 e. The molecule has 4 nitrogen and oxygen atoms in total. The standard InChI is InChI=1S/C13H18BrClO4S/c1-10(2)5-6-18-7-8-19-12-4-3-11(14)9-13(12)20(15,16)17/h3-4,9-10H,5-8H2,1-2H3. The molecule has 0 spiro atoms. The summed E-state index contributed by atoms with van der Waals surface area (Å²) >= 11 is 3.20. The molecule has 0 heterocycles. The number of rotatable bonds is 8. The molecule has 114 valence electrons. The van der Waals surface area contributed by atoms with Crippen LogP contribution in [0.4, 0.5) is 0 Å². The molecule has 7 heteroatoms. The van der Waals surface area contributed by atoms with E-state index in [0.717, 1.165) is 6.42 Å². The average Bonchev–Trinajstić information content (AvgIpc) is 2.33. The fourth-order valence-corrected chi connectivity index (χ4v) is 2.93. The first-order chi connectivity index (χ1) is 9.30. The Morgan fingerprint density at radius 3 is 2.55 bits per heavy atom. The number of hydrogen-bond donors (Lipinski definition) is 0. The van der Waals surface area contributed by atoms with Gasteiger partial charge in [0.15, 0.2) is 0 Å². The van der Waals surface area contributed by atoms with Gasteiger partial charge in [-0.15, -0.1) is 0 Å². The zero-order chi connectivity index (χ0) is 15.2. The van der Waals surface area contributed by atoms with Crippen LogP contribution in [-0.2, 0) is 13.8 Å². The minimum atomic E-state index is -3.84. The lowest BCUT2D eigenvalue weighted by Gasteiger charge is -2.11. The lowest BCUT2D eigenvalue weighted by Crippen LogP contribution is -2.10. The molecule has 0 N–H and O–H groups in total. The highest BCUT2D eigenvalue weighted by molar-refractivity contribution is 9.10. The first-order valence-electron chi connectivity index (χ1n) is 6.25. The van der Waals surface area contributed by atoms with Gasteiger partial charge in [0.1, 0.15) is 17.3 Å². The van der Waals surface area contributed by atoms with Crippen LogP contribution in [0.5, 0.6) is 5.75 Å². The van der Waals surface area contributed by atoms with Crippen LogP contribution in [0.1, 0.15) is 20.3 Å². The minimum absolute atomic E-state index is 0.0456. The van der Waals surface area contributed by atoms with Gasteiger partial charge in [-0.2, -0.15) is 0 Å². The molecule has 0 atom stereocenters. The Labute approximate surface area is 133 Å². The highest BCUT2D eigenvalue weighted by Gasteiger charge is 2.17. The number of halogens is 2. The molecular weight excluding hydrogens is 368 g/mol. The number of hydrogen-bond acceptors (Lipinski definition) is 4. The second-order valence-electron chi connectivity index (χ2n) is 4.67. The van der Waals surface area contributed by atoms with Crippen molar-refractivity contribution in [1.82, 2.24) is 0 Å². The maximum Gasteiger partial charge on any atom is 0.265 e. The van der Waals surface area contributed by atoms with Crippen LogP contribution < -0.4 is 4.74 Å². The molecule has 0 amide bonds. The van der Waals surface area contributed by atoms with E-state index in [1.54, 1.807) is 12.1 Å². The Bertz CT molecular complexity index is 531. The Hall–Kier alpha value is -0.300. The van der Waals surface area contributed by atoms with E-state index in [2.05, 4.69) is 29.8 Å². The molecule has 1 aromatic carbocycles. The maximum atomic E-state index is 11.4. The van der Waals surface area contributed by atoms with E-state index in [9.17, 15) is 8.42 Å². The predicted molar refractivity (Wildman–Crippen MR) is 82.9 cm³/mol. The van der Waals surface area contributed by atoms with Crippen LogP contribution in [0, 0.1) is 5.92 Å². The van der Waals surface area contributed by atoms with Gasteiger partial charge in [0, 0.05) is 21.8 Å². The molecule has 0 radical (unpaired) electrons. The maximum absolute atomic E-state index is 11.4. The van der Waals surface area contributed by atoms with Crippen molar-refractivity contribution >= 4 is 35.7 Å². The van der Waals surface area contributed by atoms with Crippen LogP contribution in [0.2, 0.25) is 0 Å². The van der Waals surface area contributed by atoms with E-state index in [4.69, 9.17) is 20.2 Å². The van der Waals surface area contributed by atoms with Crippen LogP contribution in [0.3, 0.4) is 0 Å². The van der Waals surface area contributed by atoms with Crippen molar-refractivity contribution in [2.75, 3.05) is 19.8 Å². The Morgan fingerprint density at radius 1 is 1.25 bits per heavy atom. The molecule has 0 aliphatic carbocycles. The molecule has 0 bridgehead atoms. The summed E-state index contributed by atoms with van der Waals surface area (Å²) in [5, 5.41) is 0. The summed E-state index contributed by atoms with van der Waals surface area (Å²) in [4.78, 5) is -0.0456. The fraction of sp³-hybridized carbons (Fsp3) is 0.538. The van der Waals surface area contributed by atoms with Gasteiger partial charge in [0.25, 0.3) is 9.05 Å². The molecule has 0 aliphatic rings. The predicted octanol–water partition coefficient (Wildman–Crippen LogP) is 3.82. The summed E-state index contributed by atoms with van der Waals surface area (Å²) in [6.45, 7) is 5.60. The highest BCUT2D eigenvalue weighted by Crippen LogP contribution is 2.29. The van der Waals surface area contributed by atoms with Gasteiger partial charge < -0.3 is 9.47 Å². The summed E-state index contributed by atoms with van der Waals surface area (Å²) in [6.07, 6.45) is 0.986. The zero-order valence-electron chi connectivity index (χ0n) is 11.4. The van der Waals surface area contributed by atoms with Gasteiger partial charge in [-0.25, -0.2) is 8.42 Å². The summed E-state index contributed by atoms with van der Waals surface area (Å²) < 4.78 is 34.3. The van der Waals surface area contributed by atoms with E-state index >= 15 is 0 Å². The van der Waals surface area contributed by atoms with E-state index in [-0.39, 0.29) is 17.3 Å². The first kappa shape index (κ1) is 17.8. The van der Waals surface area contributed by atoms with Gasteiger partial charge in [-0.1, -0.05) is 29.8 Å². The molecule has 1 aromatic rings. The van der Waals surface area contributed by atoms with Crippen molar-refractivity contribution in [2.24, 2.45) is 5.92 Å². The molecule has 0 saturated carbocycles. The van der Waals surface area contributed by atoms with Crippen LogP contribution in [-0.4, -0.2) is 28.2 Å². The number of ether oxygens (including phenoxy) is 2. The SMILES string of the molecule is CC(C)CCOCCOc1ccc(Br)cc1S(=O)(=O)Cl. The molecule has 20 heavy (non-hydrogen) atoms. The van der Waals surface area contributed by atoms with E-state index < -0.39 is 9.05 Å². The second kappa shape index (κ2) is 8.22. The van der Waals surface area contributed by atoms with Crippen molar-refractivity contribution in [3.63, 3.8) is 0 Å². The third-order valence-electron chi connectivity index (χ3n) is 2.49. The van der Waals surface area contributed by atoms with Crippen LogP contribution in [0.25, 0.3) is 0 Å². The number of benzene rings is 1. The Morgan fingerprint density at radius 2 is 1.95 bits per heavy atom. The fourth-order valence-electron chi connectivity index (χ4n) is 1.42. The first-order valence-corrected chi connectivity index (χ1v) is 9.35. The molecule has 0 fully saturated rings. The molecule has 1 rings (SSSR count). The van der Waals surface area contributed by atoms with E-state index in [1.165, 1.54) is 6.07 Å². The third-order valence-corrected chi connectivity index (χ3v) is 4.33. The van der Waals surface area contributed by atoms with Crippen molar-refractivity contribution in [3.8, 4) is 5.75 Å². The third kappa shape index (κ3) is 6.43. The van der Waals surface area contributed by atoms with Gasteiger partial charge in [0.2, 0.25) is 0 Å². The normalized spacial score (nSPS) is 11.8. The molecule has 0 aromatic heterocycles. The summed E-state index contributed by atoms with van der Waals surface area (Å²) in [7, 11) is 1.54. The molecule has 0 saturated heterocycles. The van der Waals surface area contributed by atoms with Crippen molar-refractivity contribution in [1.29, 1.82) is 0 Å². The van der Waals surface area contributed by atoms with Gasteiger partial charge in [0.05, 0.1) is 6.61 Å². The van der Waals surface area contributed by atoms with Crippen molar-refractivity contribution in [2.45, 2.75) is 25.2 Å². The molecular formula is C13H18BrClO4S. The van der Waals surface area contributed by atoms with Crippen LogP contribution >= 0.6 is 26.6 Å². The zero-order valence-corrected chi connectivity index (χ0v) is 14.6. The van der Waals surface area contributed by atoms with Gasteiger partial charge in [-0.3, -0.25) is 0 Å². The lowest BCUT2D eigenvalue weighted by atomic mass is 10.1. The van der Waals surface area contributed by atoms with Crippen molar-refractivity contribution < 1.29 is 17.9 Å². The van der Waals surface area contributed by atoms with E-state index in [0.29, 0.717) is 23.6 Å². The van der Waals surface area contributed by atoms with Crippen LogP contribution in [0.15, 0.2) is 27.6 Å².